The Morgan fingerprint density at radius 2 is 2.32 bits per heavy atom. The van der Waals surface area contributed by atoms with Crippen LogP contribution < -0.4 is 10.3 Å². The van der Waals surface area contributed by atoms with E-state index in [2.05, 4.69) is 16.9 Å². The van der Waals surface area contributed by atoms with Crippen molar-refractivity contribution in [2.45, 2.75) is 6.54 Å². The molecule has 5 nitrogen and oxygen atoms in total. The molecule has 19 heavy (non-hydrogen) atoms. The van der Waals surface area contributed by atoms with Gasteiger partial charge in [0, 0.05) is 22.6 Å². The zero-order valence-electron chi connectivity index (χ0n) is 10.3. The van der Waals surface area contributed by atoms with Crippen molar-refractivity contribution in [3.63, 3.8) is 0 Å². The minimum Gasteiger partial charge on any atom is -0.480 e. The minimum atomic E-state index is -0.199. The highest BCUT2D eigenvalue weighted by Gasteiger charge is 2.06. The summed E-state index contributed by atoms with van der Waals surface area (Å²) in [6.07, 6.45) is 0. The molecule has 0 saturated heterocycles. The van der Waals surface area contributed by atoms with Crippen molar-refractivity contribution >= 4 is 11.3 Å². The number of rotatable bonds is 3. The Hall–Kier alpha value is -2.10. The molecular weight excluding hydrogens is 264 g/mol. The number of aromatic nitrogens is 2. The lowest BCUT2D eigenvalue weighted by Crippen LogP contribution is -2.22. The molecule has 0 unspecified atom stereocenters. The summed E-state index contributed by atoms with van der Waals surface area (Å²) in [6, 6.07) is 4.80. The molecule has 98 valence electrons. The standard InChI is InChI=1S/C13H12N2O3S/c1-18-12-4-5-13(17)15(14-12)9-11-10(3-2-7-16)6-8-19-11/h4-6,8,16H,7,9H2,1H3. The van der Waals surface area contributed by atoms with Gasteiger partial charge in [0.2, 0.25) is 5.88 Å². The first kappa shape index (κ1) is 13.3. The van der Waals surface area contributed by atoms with E-state index in [1.807, 2.05) is 11.4 Å². The van der Waals surface area contributed by atoms with Crippen LogP contribution in [0.3, 0.4) is 0 Å². The smallest absolute Gasteiger partial charge is 0.267 e. The molecule has 0 aliphatic carbocycles. The lowest BCUT2D eigenvalue weighted by molar-refractivity contribution is 0.350. The van der Waals surface area contributed by atoms with Gasteiger partial charge in [-0.05, 0) is 11.4 Å². The minimum absolute atomic E-state index is 0.188. The average molecular weight is 276 g/mol. The third kappa shape index (κ3) is 3.22. The number of aliphatic hydroxyl groups is 1. The summed E-state index contributed by atoms with van der Waals surface area (Å²) in [4.78, 5) is 12.6. The number of hydrogen-bond acceptors (Lipinski definition) is 5. The Balaban J connectivity index is 2.31. The Morgan fingerprint density at radius 1 is 1.47 bits per heavy atom. The fraction of sp³-hybridized carbons (Fsp3) is 0.231. The topological polar surface area (TPSA) is 64.3 Å². The van der Waals surface area contributed by atoms with Crippen molar-refractivity contribution in [3.8, 4) is 17.7 Å². The molecule has 2 rings (SSSR count). The predicted molar refractivity (Wildman–Crippen MR) is 72.4 cm³/mol. The molecule has 0 radical (unpaired) electrons. The summed E-state index contributed by atoms with van der Waals surface area (Å²) in [7, 11) is 1.50. The van der Waals surface area contributed by atoms with Crippen LogP contribution >= 0.6 is 11.3 Å². The fourth-order valence-electron chi connectivity index (χ4n) is 1.50. The van der Waals surface area contributed by atoms with Gasteiger partial charge in [0.1, 0.15) is 6.61 Å². The molecule has 0 saturated carbocycles. The van der Waals surface area contributed by atoms with E-state index in [9.17, 15) is 4.79 Å². The molecule has 0 aliphatic rings. The third-order valence-electron chi connectivity index (χ3n) is 2.39. The van der Waals surface area contributed by atoms with E-state index in [-0.39, 0.29) is 12.2 Å². The Bertz CT molecular complexity index is 679. The Kier molecular flexibility index (Phi) is 4.34. The van der Waals surface area contributed by atoms with Crippen LogP contribution in [0.2, 0.25) is 0 Å². The van der Waals surface area contributed by atoms with E-state index in [1.54, 1.807) is 0 Å². The third-order valence-corrected chi connectivity index (χ3v) is 3.30. The van der Waals surface area contributed by atoms with Crippen molar-refractivity contribution in [2.75, 3.05) is 13.7 Å². The quantitative estimate of drug-likeness (QED) is 0.838. The molecule has 2 heterocycles. The van der Waals surface area contributed by atoms with E-state index in [0.29, 0.717) is 12.4 Å². The van der Waals surface area contributed by atoms with Crippen molar-refractivity contribution in [2.24, 2.45) is 0 Å². The maximum atomic E-state index is 11.7. The molecule has 0 spiro atoms. The van der Waals surface area contributed by atoms with Gasteiger partial charge in [0.15, 0.2) is 0 Å². The number of thiophene rings is 1. The highest BCUT2D eigenvalue weighted by Crippen LogP contribution is 2.16. The Morgan fingerprint density at radius 3 is 3.05 bits per heavy atom. The molecule has 0 atom stereocenters. The normalized spacial score (nSPS) is 9.79. The summed E-state index contributed by atoms with van der Waals surface area (Å²) >= 11 is 1.49. The summed E-state index contributed by atoms with van der Waals surface area (Å²) in [5.74, 6) is 5.83. The van der Waals surface area contributed by atoms with Gasteiger partial charge in [-0.1, -0.05) is 11.8 Å². The van der Waals surface area contributed by atoms with Gasteiger partial charge < -0.3 is 9.84 Å². The van der Waals surface area contributed by atoms with Crippen LogP contribution in [0.15, 0.2) is 28.4 Å². The first-order chi connectivity index (χ1) is 9.24. The van der Waals surface area contributed by atoms with Crippen molar-refractivity contribution in [3.05, 3.63) is 44.4 Å². The molecule has 2 aromatic heterocycles. The van der Waals surface area contributed by atoms with Crippen LogP contribution in [-0.4, -0.2) is 28.6 Å². The van der Waals surface area contributed by atoms with Crippen molar-refractivity contribution < 1.29 is 9.84 Å². The maximum absolute atomic E-state index is 11.7. The van der Waals surface area contributed by atoms with Crippen LogP contribution in [-0.2, 0) is 6.54 Å². The van der Waals surface area contributed by atoms with Gasteiger partial charge in [-0.2, -0.15) is 0 Å². The maximum Gasteiger partial charge on any atom is 0.267 e. The summed E-state index contributed by atoms with van der Waals surface area (Å²) in [5, 5.41) is 14.7. The van der Waals surface area contributed by atoms with E-state index >= 15 is 0 Å². The van der Waals surface area contributed by atoms with Gasteiger partial charge in [-0.3, -0.25) is 4.79 Å². The summed E-state index contributed by atoms with van der Waals surface area (Å²) < 4.78 is 6.32. The molecule has 1 N–H and O–H groups in total. The van der Waals surface area contributed by atoms with E-state index in [1.165, 1.54) is 35.3 Å². The van der Waals surface area contributed by atoms with Gasteiger partial charge >= 0.3 is 0 Å². The molecule has 0 aliphatic heterocycles. The fourth-order valence-corrected chi connectivity index (χ4v) is 2.31. The second-order valence-corrected chi connectivity index (χ2v) is 4.59. The second kappa shape index (κ2) is 6.18. The number of nitrogens with zero attached hydrogens (tertiary/aromatic N) is 2. The lowest BCUT2D eigenvalue weighted by Gasteiger charge is -2.05. The van der Waals surface area contributed by atoms with E-state index in [4.69, 9.17) is 9.84 Å². The van der Waals surface area contributed by atoms with Gasteiger partial charge in [0.05, 0.1) is 13.7 Å². The van der Waals surface area contributed by atoms with Gasteiger partial charge in [-0.25, -0.2) is 4.68 Å². The first-order valence-electron chi connectivity index (χ1n) is 5.53. The van der Waals surface area contributed by atoms with E-state index < -0.39 is 0 Å². The number of hydrogen-bond donors (Lipinski definition) is 1. The highest BCUT2D eigenvalue weighted by atomic mass is 32.1. The molecule has 6 heteroatoms. The van der Waals surface area contributed by atoms with Crippen molar-refractivity contribution in [1.29, 1.82) is 0 Å². The molecule has 0 bridgehead atoms. The van der Waals surface area contributed by atoms with Gasteiger partial charge in [0.25, 0.3) is 5.56 Å². The lowest BCUT2D eigenvalue weighted by atomic mass is 10.2. The number of ether oxygens (including phenoxy) is 1. The highest BCUT2D eigenvalue weighted by molar-refractivity contribution is 7.10. The summed E-state index contributed by atoms with van der Waals surface area (Å²) in [5.41, 5.74) is 0.603. The zero-order valence-corrected chi connectivity index (χ0v) is 11.1. The van der Waals surface area contributed by atoms with E-state index in [0.717, 1.165) is 10.4 Å². The average Bonchev–Trinajstić information content (AvgIpc) is 2.86. The molecular formula is C13H12N2O3S. The Labute approximate surface area is 114 Å². The monoisotopic (exact) mass is 276 g/mol. The van der Waals surface area contributed by atoms with Gasteiger partial charge in [-0.15, -0.1) is 16.4 Å². The molecule has 2 aromatic rings. The van der Waals surface area contributed by atoms with Crippen LogP contribution in [0.1, 0.15) is 10.4 Å². The van der Waals surface area contributed by atoms with Crippen LogP contribution in [0, 0.1) is 11.8 Å². The number of methoxy groups -OCH3 is 1. The van der Waals surface area contributed by atoms with Crippen LogP contribution in [0.5, 0.6) is 5.88 Å². The van der Waals surface area contributed by atoms with Crippen LogP contribution in [0.4, 0.5) is 0 Å². The predicted octanol–water partition coefficient (Wildman–Crippen LogP) is 0.705. The van der Waals surface area contributed by atoms with Crippen molar-refractivity contribution in [1.82, 2.24) is 9.78 Å². The number of aliphatic hydroxyl groups excluding tert-OH is 1. The molecule has 0 amide bonds. The molecule has 0 fully saturated rings. The molecule has 0 aromatic carbocycles. The SMILES string of the molecule is COc1ccc(=O)n(Cc2sccc2C#CCO)n1. The first-order valence-corrected chi connectivity index (χ1v) is 6.41. The second-order valence-electron chi connectivity index (χ2n) is 3.59. The largest absolute Gasteiger partial charge is 0.480 e. The zero-order chi connectivity index (χ0) is 13.7. The summed E-state index contributed by atoms with van der Waals surface area (Å²) in [6.45, 7) is 0.149. The van der Waals surface area contributed by atoms with Crippen LogP contribution in [0.25, 0.3) is 0 Å².